The molecule has 3 rings (SSSR count). The van der Waals surface area contributed by atoms with E-state index in [0.717, 1.165) is 37.0 Å². The number of hydrogen-bond donors (Lipinski definition) is 1. The third-order valence-electron chi connectivity index (χ3n) is 4.58. The number of carbonyl (C=O) groups is 1. The second-order valence-electron chi connectivity index (χ2n) is 6.35. The highest BCUT2D eigenvalue weighted by atomic mass is 16.7. The zero-order chi connectivity index (χ0) is 16.1. The number of carbonyl (C=O) groups excluding carboxylic acids is 1. The number of methoxy groups -OCH3 is 1. The second-order valence-corrected chi connectivity index (χ2v) is 6.35. The zero-order valence-electron chi connectivity index (χ0n) is 13.7. The van der Waals surface area contributed by atoms with Crippen LogP contribution in [0.1, 0.15) is 37.7 Å². The normalized spacial score (nSPS) is 22.9. The molecule has 5 heteroatoms. The molecule has 1 aromatic carbocycles. The molecule has 0 aromatic heterocycles. The van der Waals surface area contributed by atoms with E-state index in [1.54, 1.807) is 7.11 Å². The van der Waals surface area contributed by atoms with E-state index in [1.165, 1.54) is 6.42 Å². The van der Waals surface area contributed by atoms with E-state index in [4.69, 9.17) is 14.2 Å². The maximum absolute atomic E-state index is 12.1. The van der Waals surface area contributed by atoms with Gasteiger partial charge in [-0.2, -0.15) is 0 Å². The van der Waals surface area contributed by atoms with E-state index in [2.05, 4.69) is 5.32 Å². The van der Waals surface area contributed by atoms with E-state index >= 15 is 0 Å². The molecule has 1 aliphatic carbocycles. The molecule has 0 bridgehead atoms. The number of ether oxygens (including phenoxy) is 3. The van der Waals surface area contributed by atoms with Crippen molar-refractivity contribution in [1.29, 1.82) is 0 Å². The first-order valence-electron chi connectivity index (χ1n) is 8.40. The summed E-state index contributed by atoms with van der Waals surface area (Å²) in [6, 6.07) is 7.54. The van der Waals surface area contributed by atoms with Gasteiger partial charge >= 0.3 is 0 Å². The smallest absolute Gasteiger partial charge is 0.224 e. The fourth-order valence-corrected chi connectivity index (χ4v) is 3.29. The van der Waals surface area contributed by atoms with E-state index in [1.807, 2.05) is 24.3 Å². The lowest BCUT2D eigenvalue weighted by molar-refractivity contribution is -0.186. The number of nitrogens with one attached hydrogen (secondary N) is 1. The van der Waals surface area contributed by atoms with Crippen molar-refractivity contribution in [2.24, 2.45) is 0 Å². The zero-order valence-corrected chi connectivity index (χ0v) is 13.7. The molecule has 23 heavy (non-hydrogen) atoms. The van der Waals surface area contributed by atoms with E-state index in [-0.39, 0.29) is 17.8 Å². The Morgan fingerprint density at radius 2 is 2.00 bits per heavy atom. The first-order chi connectivity index (χ1) is 11.2. The highest BCUT2D eigenvalue weighted by Crippen LogP contribution is 2.37. The quantitative estimate of drug-likeness (QED) is 0.905. The summed E-state index contributed by atoms with van der Waals surface area (Å²) < 4.78 is 17.1. The fraction of sp³-hybridized carbons (Fsp3) is 0.611. The van der Waals surface area contributed by atoms with Gasteiger partial charge < -0.3 is 19.5 Å². The van der Waals surface area contributed by atoms with Crippen molar-refractivity contribution in [3.8, 4) is 5.75 Å². The predicted octanol–water partition coefficient (Wildman–Crippen LogP) is 2.43. The molecule has 1 heterocycles. The van der Waals surface area contributed by atoms with Crippen LogP contribution in [-0.2, 0) is 20.7 Å². The second kappa shape index (κ2) is 7.32. The molecule has 1 atom stereocenters. The van der Waals surface area contributed by atoms with E-state index < -0.39 is 0 Å². The molecule has 1 N–H and O–H groups in total. The van der Waals surface area contributed by atoms with Crippen molar-refractivity contribution in [3.63, 3.8) is 0 Å². The topological polar surface area (TPSA) is 56.8 Å². The van der Waals surface area contributed by atoms with Crippen molar-refractivity contribution in [1.82, 2.24) is 5.32 Å². The molecular weight excluding hydrogens is 294 g/mol. The highest BCUT2D eigenvalue weighted by molar-refractivity contribution is 5.78. The molecule has 2 aliphatic rings. The summed E-state index contributed by atoms with van der Waals surface area (Å²) in [5.74, 6) is 0.427. The number of amides is 1. The predicted molar refractivity (Wildman–Crippen MR) is 86.3 cm³/mol. The summed E-state index contributed by atoms with van der Waals surface area (Å²) in [5, 5.41) is 2.95. The van der Waals surface area contributed by atoms with Gasteiger partial charge in [0.25, 0.3) is 0 Å². The van der Waals surface area contributed by atoms with Crippen LogP contribution in [0.25, 0.3) is 0 Å². The average molecular weight is 319 g/mol. The SMILES string of the molecule is COc1ccc(CC(=O)NC[C@H]2COC3(CCCCC3)O2)cc1. The van der Waals surface area contributed by atoms with Crippen LogP contribution in [0.4, 0.5) is 0 Å². The van der Waals surface area contributed by atoms with Crippen LogP contribution in [0.3, 0.4) is 0 Å². The minimum atomic E-state index is -0.371. The summed E-state index contributed by atoms with van der Waals surface area (Å²) in [6.07, 6.45) is 5.87. The molecule has 2 fully saturated rings. The van der Waals surface area contributed by atoms with Gasteiger partial charge in [-0.3, -0.25) is 4.79 Å². The van der Waals surface area contributed by atoms with Gasteiger partial charge in [-0.15, -0.1) is 0 Å². The number of benzene rings is 1. The largest absolute Gasteiger partial charge is 0.497 e. The van der Waals surface area contributed by atoms with Crippen molar-refractivity contribution in [3.05, 3.63) is 29.8 Å². The maximum atomic E-state index is 12.1. The minimum absolute atomic E-state index is 0.00311. The first kappa shape index (κ1) is 16.3. The van der Waals surface area contributed by atoms with Gasteiger partial charge in [0.15, 0.2) is 5.79 Å². The summed E-state index contributed by atoms with van der Waals surface area (Å²) >= 11 is 0. The molecule has 1 saturated heterocycles. The molecule has 1 aliphatic heterocycles. The maximum Gasteiger partial charge on any atom is 0.224 e. The fourth-order valence-electron chi connectivity index (χ4n) is 3.29. The van der Waals surface area contributed by atoms with Crippen LogP contribution in [0.15, 0.2) is 24.3 Å². The summed E-state index contributed by atoms with van der Waals surface area (Å²) in [7, 11) is 1.63. The van der Waals surface area contributed by atoms with Gasteiger partial charge in [0.1, 0.15) is 11.9 Å². The lowest BCUT2D eigenvalue weighted by Crippen LogP contribution is -2.37. The van der Waals surface area contributed by atoms with Gasteiger partial charge in [-0.05, 0) is 30.5 Å². The number of hydrogen-bond acceptors (Lipinski definition) is 4. The molecule has 126 valence electrons. The van der Waals surface area contributed by atoms with Gasteiger partial charge in [0.2, 0.25) is 5.91 Å². The minimum Gasteiger partial charge on any atom is -0.497 e. The lowest BCUT2D eigenvalue weighted by atomic mass is 9.94. The highest BCUT2D eigenvalue weighted by Gasteiger charge is 2.42. The van der Waals surface area contributed by atoms with E-state index in [9.17, 15) is 4.79 Å². The van der Waals surface area contributed by atoms with Crippen LogP contribution >= 0.6 is 0 Å². The summed E-state index contributed by atoms with van der Waals surface area (Å²) in [6.45, 7) is 1.08. The average Bonchev–Trinajstić information content (AvgIpc) is 2.97. The molecular formula is C18H25NO4. The monoisotopic (exact) mass is 319 g/mol. The number of rotatable bonds is 5. The van der Waals surface area contributed by atoms with E-state index in [0.29, 0.717) is 19.6 Å². The Bertz CT molecular complexity index is 522. The van der Waals surface area contributed by atoms with Crippen LogP contribution < -0.4 is 10.1 Å². The van der Waals surface area contributed by atoms with Gasteiger partial charge in [0.05, 0.1) is 20.1 Å². The molecule has 5 nitrogen and oxygen atoms in total. The van der Waals surface area contributed by atoms with Crippen molar-refractivity contribution in [2.75, 3.05) is 20.3 Å². The third kappa shape index (κ3) is 4.24. The Labute approximate surface area is 137 Å². The Morgan fingerprint density at radius 1 is 1.26 bits per heavy atom. The Morgan fingerprint density at radius 3 is 2.70 bits per heavy atom. The van der Waals surface area contributed by atoms with Crippen molar-refractivity contribution >= 4 is 5.91 Å². The molecule has 0 unspecified atom stereocenters. The van der Waals surface area contributed by atoms with Crippen molar-refractivity contribution in [2.45, 2.75) is 50.4 Å². The van der Waals surface area contributed by atoms with Gasteiger partial charge in [-0.25, -0.2) is 0 Å². The van der Waals surface area contributed by atoms with Crippen LogP contribution in [0.5, 0.6) is 5.75 Å². The van der Waals surface area contributed by atoms with Crippen molar-refractivity contribution < 1.29 is 19.0 Å². The van der Waals surface area contributed by atoms with Crippen LogP contribution in [-0.4, -0.2) is 38.1 Å². The Balaban J connectivity index is 1.42. The Kier molecular flexibility index (Phi) is 5.18. The summed E-state index contributed by atoms with van der Waals surface area (Å²) in [5.41, 5.74) is 0.968. The first-order valence-corrected chi connectivity index (χ1v) is 8.40. The Hall–Kier alpha value is -1.59. The molecule has 1 spiro atoms. The summed E-state index contributed by atoms with van der Waals surface area (Å²) in [4.78, 5) is 12.1. The van der Waals surface area contributed by atoms with Gasteiger partial charge in [0, 0.05) is 19.4 Å². The molecule has 1 aromatic rings. The molecule has 1 amide bonds. The van der Waals surface area contributed by atoms with Crippen LogP contribution in [0, 0.1) is 0 Å². The molecule has 1 saturated carbocycles. The van der Waals surface area contributed by atoms with Gasteiger partial charge in [-0.1, -0.05) is 18.6 Å². The lowest BCUT2D eigenvalue weighted by Gasteiger charge is -2.31. The molecule has 0 radical (unpaired) electrons. The standard InChI is InChI=1S/C18H25NO4/c1-21-15-7-5-14(6-8-15)11-17(20)19-12-16-13-22-18(23-16)9-3-2-4-10-18/h5-8,16H,2-4,9-13H2,1H3,(H,19,20)/t16-/m0/s1. The third-order valence-corrected chi connectivity index (χ3v) is 4.58. The van der Waals surface area contributed by atoms with Crippen LogP contribution in [0.2, 0.25) is 0 Å².